The van der Waals surface area contributed by atoms with Crippen LogP contribution in [0.2, 0.25) is 0 Å². The van der Waals surface area contributed by atoms with Gasteiger partial charge in [0.05, 0.1) is 6.07 Å². The Morgan fingerprint density at radius 1 is 1.27 bits per heavy atom. The summed E-state index contributed by atoms with van der Waals surface area (Å²) in [7, 11) is -3.42. The third-order valence-electron chi connectivity index (χ3n) is 2.18. The summed E-state index contributed by atoms with van der Waals surface area (Å²) in [6, 6.07) is 1.85. The molecule has 0 aromatic rings. The fourth-order valence-corrected chi connectivity index (χ4v) is 2.57. The molecule has 0 amide bonds. The molecule has 4 nitrogen and oxygen atoms in total. The lowest BCUT2D eigenvalue weighted by Crippen LogP contribution is -2.33. The SMILES string of the molecule is CCCCCCC(C#N)S(=O)(=O)NCC. The van der Waals surface area contributed by atoms with E-state index in [0.29, 0.717) is 13.0 Å². The summed E-state index contributed by atoms with van der Waals surface area (Å²) in [5.41, 5.74) is 0. The van der Waals surface area contributed by atoms with Crippen molar-refractivity contribution in [2.75, 3.05) is 6.54 Å². The Labute approximate surface area is 92.7 Å². The standard InChI is InChI=1S/C10H20N2O2S/c1-3-5-6-7-8-10(9-11)15(13,14)12-4-2/h10,12H,3-8H2,1-2H3. The smallest absolute Gasteiger partial charge is 0.214 e. The molecule has 0 heterocycles. The minimum absolute atomic E-state index is 0.343. The summed E-state index contributed by atoms with van der Waals surface area (Å²) < 4.78 is 25.3. The fourth-order valence-electron chi connectivity index (χ4n) is 1.35. The highest BCUT2D eigenvalue weighted by Crippen LogP contribution is 2.10. The van der Waals surface area contributed by atoms with Crippen LogP contribution in [-0.2, 0) is 10.0 Å². The lowest BCUT2D eigenvalue weighted by Gasteiger charge is -2.10. The molecule has 0 fully saturated rings. The van der Waals surface area contributed by atoms with Gasteiger partial charge in [-0.1, -0.05) is 39.5 Å². The topological polar surface area (TPSA) is 70.0 Å². The van der Waals surface area contributed by atoms with Crippen molar-refractivity contribution >= 4 is 10.0 Å². The Kier molecular flexibility index (Phi) is 7.35. The number of sulfonamides is 1. The molecule has 5 heteroatoms. The van der Waals surface area contributed by atoms with Crippen LogP contribution in [-0.4, -0.2) is 20.2 Å². The van der Waals surface area contributed by atoms with Crippen LogP contribution in [0, 0.1) is 11.3 Å². The Bertz CT molecular complexity index is 293. The molecule has 0 spiro atoms. The maximum absolute atomic E-state index is 11.5. The van der Waals surface area contributed by atoms with E-state index in [1.165, 1.54) is 0 Å². The molecule has 88 valence electrons. The molecule has 1 atom stereocenters. The van der Waals surface area contributed by atoms with Gasteiger partial charge in [0.25, 0.3) is 0 Å². The number of rotatable bonds is 8. The third kappa shape index (κ3) is 5.75. The van der Waals surface area contributed by atoms with Crippen molar-refractivity contribution in [3.8, 4) is 6.07 Å². The number of hydrogen-bond donors (Lipinski definition) is 1. The minimum atomic E-state index is -3.42. The molecular formula is C10H20N2O2S. The van der Waals surface area contributed by atoms with E-state index in [9.17, 15) is 8.42 Å². The van der Waals surface area contributed by atoms with E-state index >= 15 is 0 Å². The summed E-state index contributed by atoms with van der Waals surface area (Å²) in [6.45, 7) is 4.15. The second kappa shape index (κ2) is 7.66. The third-order valence-corrected chi connectivity index (χ3v) is 3.97. The van der Waals surface area contributed by atoms with Gasteiger partial charge in [-0.05, 0) is 6.42 Å². The van der Waals surface area contributed by atoms with Crippen molar-refractivity contribution in [2.45, 2.75) is 51.2 Å². The summed E-state index contributed by atoms with van der Waals surface area (Å²) in [6.07, 6.45) is 4.44. The van der Waals surface area contributed by atoms with Crippen LogP contribution in [0.25, 0.3) is 0 Å². The molecule has 0 saturated carbocycles. The molecule has 0 aromatic carbocycles. The number of nitrogens with one attached hydrogen (secondary N) is 1. The summed E-state index contributed by atoms with van der Waals surface area (Å²) in [4.78, 5) is 0. The van der Waals surface area contributed by atoms with Gasteiger partial charge in [0.1, 0.15) is 0 Å². The van der Waals surface area contributed by atoms with Gasteiger partial charge < -0.3 is 0 Å². The summed E-state index contributed by atoms with van der Waals surface area (Å²) in [5.74, 6) is 0. The molecule has 0 bridgehead atoms. The lowest BCUT2D eigenvalue weighted by atomic mass is 10.1. The summed E-state index contributed by atoms with van der Waals surface area (Å²) in [5, 5.41) is 7.88. The molecule has 0 aliphatic heterocycles. The molecule has 0 aromatic heterocycles. The number of hydrogen-bond acceptors (Lipinski definition) is 3. The fraction of sp³-hybridized carbons (Fsp3) is 0.900. The van der Waals surface area contributed by atoms with Gasteiger partial charge in [-0.3, -0.25) is 0 Å². The zero-order valence-electron chi connectivity index (χ0n) is 9.49. The van der Waals surface area contributed by atoms with Crippen molar-refractivity contribution in [1.82, 2.24) is 4.72 Å². The minimum Gasteiger partial charge on any atom is -0.214 e. The zero-order chi connectivity index (χ0) is 11.7. The molecule has 1 unspecified atom stereocenters. The first-order chi connectivity index (χ1) is 7.08. The predicted molar refractivity (Wildman–Crippen MR) is 60.8 cm³/mol. The van der Waals surface area contributed by atoms with Gasteiger partial charge in [-0.2, -0.15) is 5.26 Å². The van der Waals surface area contributed by atoms with Gasteiger partial charge in [0.15, 0.2) is 5.25 Å². The average molecular weight is 232 g/mol. The highest BCUT2D eigenvalue weighted by molar-refractivity contribution is 7.90. The van der Waals surface area contributed by atoms with Crippen LogP contribution in [0.3, 0.4) is 0 Å². The molecule has 0 radical (unpaired) electrons. The van der Waals surface area contributed by atoms with Gasteiger partial charge in [-0.15, -0.1) is 0 Å². The van der Waals surface area contributed by atoms with E-state index in [-0.39, 0.29) is 0 Å². The molecule has 1 N–H and O–H groups in total. The molecule has 0 rings (SSSR count). The maximum atomic E-state index is 11.5. The highest BCUT2D eigenvalue weighted by Gasteiger charge is 2.23. The Balaban J connectivity index is 4.09. The zero-order valence-corrected chi connectivity index (χ0v) is 10.3. The predicted octanol–water partition coefficient (Wildman–Crippen LogP) is 1.79. The van der Waals surface area contributed by atoms with Crippen molar-refractivity contribution in [2.24, 2.45) is 0 Å². The molecular weight excluding hydrogens is 212 g/mol. The molecule has 0 saturated heterocycles. The van der Waals surface area contributed by atoms with Crippen molar-refractivity contribution < 1.29 is 8.42 Å². The number of unbranched alkanes of at least 4 members (excludes halogenated alkanes) is 3. The first-order valence-electron chi connectivity index (χ1n) is 5.46. The van der Waals surface area contributed by atoms with Gasteiger partial charge in [-0.25, -0.2) is 13.1 Å². The second-order valence-corrected chi connectivity index (χ2v) is 5.46. The maximum Gasteiger partial charge on any atom is 0.227 e. The van der Waals surface area contributed by atoms with E-state index in [0.717, 1.165) is 25.7 Å². The van der Waals surface area contributed by atoms with Gasteiger partial charge >= 0.3 is 0 Å². The van der Waals surface area contributed by atoms with E-state index in [1.807, 2.05) is 6.07 Å². The largest absolute Gasteiger partial charge is 0.227 e. The van der Waals surface area contributed by atoms with Crippen LogP contribution in [0.15, 0.2) is 0 Å². The quantitative estimate of drug-likeness (QED) is 0.649. The highest BCUT2D eigenvalue weighted by atomic mass is 32.2. The van der Waals surface area contributed by atoms with Crippen LogP contribution < -0.4 is 4.72 Å². The monoisotopic (exact) mass is 232 g/mol. The van der Waals surface area contributed by atoms with Crippen molar-refractivity contribution in [1.29, 1.82) is 5.26 Å². The van der Waals surface area contributed by atoms with E-state index in [4.69, 9.17) is 5.26 Å². The molecule has 0 aliphatic carbocycles. The Hall–Kier alpha value is -0.600. The van der Waals surface area contributed by atoms with Crippen molar-refractivity contribution in [3.63, 3.8) is 0 Å². The molecule has 0 aliphatic rings. The van der Waals surface area contributed by atoms with Gasteiger partial charge in [0.2, 0.25) is 10.0 Å². The summed E-state index contributed by atoms with van der Waals surface area (Å²) >= 11 is 0. The van der Waals surface area contributed by atoms with Crippen LogP contribution in [0.4, 0.5) is 0 Å². The van der Waals surface area contributed by atoms with E-state index in [1.54, 1.807) is 6.92 Å². The second-order valence-electron chi connectivity index (χ2n) is 3.51. The van der Waals surface area contributed by atoms with Gasteiger partial charge in [0, 0.05) is 6.54 Å². The Morgan fingerprint density at radius 2 is 1.93 bits per heavy atom. The number of nitrogens with zero attached hydrogens (tertiary/aromatic N) is 1. The first-order valence-corrected chi connectivity index (χ1v) is 7.01. The van der Waals surface area contributed by atoms with Crippen LogP contribution in [0.1, 0.15) is 46.0 Å². The first kappa shape index (κ1) is 14.4. The van der Waals surface area contributed by atoms with Crippen LogP contribution in [0.5, 0.6) is 0 Å². The normalized spacial score (nSPS) is 13.4. The van der Waals surface area contributed by atoms with Crippen molar-refractivity contribution in [3.05, 3.63) is 0 Å². The van der Waals surface area contributed by atoms with E-state index < -0.39 is 15.3 Å². The van der Waals surface area contributed by atoms with Crippen LogP contribution >= 0.6 is 0 Å². The van der Waals surface area contributed by atoms with E-state index in [2.05, 4.69) is 11.6 Å². The number of nitriles is 1. The Morgan fingerprint density at radius 3 is 2.40 bits per heavy atom. The molecule has 15 heavy (non-hydrogen) atoms. The average Bonchev–Trinajstić information content (AvgIpc) is 2.17. The lowest BCUT2D eigenvalue weighted by molar-refractivity contribution is 0.563.